The quantitative estimate of drug-likeness (QED) is 0.553. The minimum absolute atomic E-state index is 0.0121. The molecule has 0 spiro atoms. The first-order valence-corrected chi connectivity index (χ1v) is 6.03. The Labute approximate surface area is 117 Å². The Kier molecular flexibility index (Phi) is 2.87. The molecule has 0 saturated heterocycles. The van der Waals surface area contributed by atoms with Gasteiger partial charge >= 0.3 is 0 Å². The summed E-state index contributed by atoms with van der Waals surface area (Å²) >= 11 is 0. The molecule has 1 aromatic heterocycles. The van der Waals surface area contributed by atoms with E-state index in [1.165, 1.54) is 24.3 Å². The fraction of sp³-hybridized carbons (Fsp3) is 0. The Morgan fingerprint density at radius 3 is 2.67 bits per heavy atom. The van der Waals surface area contributed by atoms with Gasteiger partial charge in [0.15, 0.2) is 0 Å². The maximum atomic E-state index is 12.1. The van der Waals surface area contributed by atoms with E-state index in [2.05, 4.69) is 9.97 Å². The first kappa shape index (κ1) is 12.8. The number of nitrogens with one attached hydrogen (secondary N) is 1. The summed E-state index contributed by atoms with van der Waals surface area (Å²) in [6.45, 7) is 0. The largest absolute Gasteiger partial charge is 0.507 e. The third-order valence-corrected chi connectivity index (χ3v) is 3.06. The van der Waals surface area contributed by atoms with Crippen molar-refractivity contribution in [2.45, 2.75) is 0 Å². The number of phenols is 1. The number of hydrogen-bond donors (Lipinski definition) is 2. The van der Waals surface area contributed by atoms with E-state index in [9.17, 15) is 20.0 Å². The van der Waals surface area contributed by atoms with Gasteiger partial charge in [-0.25, -0.2) is 4.98 Å². The predicted octanol–water partition coefficient (Wildman–Crippen LogP) is 2.20. The molecule has 1 heterocycles. The second-order valence-corrected chi connectivity index (χ2v) is 4.39. The molecule has 0 unspecified atom stereocenters. The normalized spacial score (nSPS) is 10.7. The van der Waals surface area contributed by atoms with Gasteiger partial charge in [-0.3, -0.25) is 14.9 Å². The number of aromatic amines is 1. The van der Waals surface area contributed by atoms with E-state index in [-0.39, 0.29) is 22.6 Å². The summed E-state index contributed by atoms with van der Waals surface area (Å²) in [5.41, 5.74) is 0.0320. The number of nitro benzene ring substituents is 1. The van der Waals surface area contributed by atoms with Crippen LogP contribution in [0.2, 0.25) is 0 Å². The Morgan fingerprint density at radius 1 is 1.19 bits per heavy atom. The van der Waals surface area contributed by atoms with Crippen LogP contribution < -0.4 is 5.56 Å². The molecule has 0 fully saturated rings. The van der Waals surface area contributed by atoms with Crippen LogP contribution in [0.15, 0.2) is 47.3 Å². The van der Waals surface area contributed by atoms with Crippen molar-refractivity contribution in [1.82, 2.24) is 9.97 Å². The molecule has 3 rings (SSSR count). The highest BCUT2D eigenvalue weighted by molar-refractivity contribution is 5.82. The van der Waals surface area contributed by atoms with Crippen molar-refractivity contribution in [2.24, 2.45) is 0 Å². The van der Waals surface area contributed by atoms with Crippen molar-refractivity contribution < 1.29 is 10.0 Å². The molecule has 0 saturated carbocycles. The Bertz CT molecular complexity index is 917. The van der Waals surface area contributed by atoms with Crippen LogP contribution in [-0.2, 0) is 0 Å². The molecule has 0 aliphatic rings. The summed E-state index contributed by atoms with van der Waals surface area (Å²) < 4.78 is 0. The summed E-state index contributed by atoms with van der Waals surface area (Å²) in [7, 11) is 0. The van der Waals surface area contributed by atoms with Gasteiger partial charge in [0.1, 0.15) is 11.6 Å². The van der Waals surface area contributed by atoms with Crippen LogP contribution in [0, 0.1) is 10.1 Å². The van der Waals surface area contributed by atoms with Crippen LogP contribution in [0.25, 0.3) is 22.3 Å². The first-order chi connectivity index (χ1) is 10.1. The Balaban J connectivity index is 2.26. The lowest BCUT2D eigenvalue weighted by molar-refractivity contribution is -0.384. The van der Waals surface area contributed by atoms with E-state index >= 15 is 0 Å². The van der Waals surface area contributed by atoms with Gasteiger partial charge in [-0.05, 0) is 18.2 Å². The summed E-state index contributed by atoms with van der Waals surface area (Å²) in [4.78, 5) is 29.0. The topological polar surface area (TPSA) is 109 Å². The lowest BCUT2D eigenvalue weighted by Gasteiger charge is -2.05. The lowest BCUT2D eigenvalue weighted by Crippen LogP contribution is -2.10. The lowest BCUT2D eigenvalue weighted by atomic mass is 10.1. The summed E-state index contributed by atoms with van der Waals surface area (Å²) in [5.74, 6) is 0.196. The highest BCUT2D eigenvalue weighted by atomic mass is 16.6. The predicted molar refractivity (Wildman–Crippen MR) is 76.1 cm³/mol. The zero-order chi connectivity index (χ0) is 15.0. The van der Waals surface area contributed by atoms with E-state index in [4.69, 9.17) is 0 Å². The second kappa shape index (κ2) is 4.71. The number of para-hydroxylation sites is 1. The standard InChI is InChI=1S/C14H9N3O4/c18-12-4-2-1-3-9(12)13-15-11-6-5-8(17(20)21)7-10(11)14(19)16-13/h1-7,18H,(H,15,16,19). The number of benzene rings is 2. The van der Waals surface area contributed by atoms with Gasteiger partial charge in [-0.15, -0.1) is 0 Å². The van der Waals surface area contributed by atoms with E-state index in [0.717, 1.165) is 0 Å². The molecule has 2 N–H and O–H groups in total. The van der Waals surface area contributed by atoms with Crippen molar-refractivity contribution in [2.75, 3.05) is 0 Å². The Hall–Kier alpha value is -3.22. The molecule has 0 atom stereocenters. The van der Waals surface area contributed by atoms with Gasteiger partial charge in [-0.1, -0.05) is 12.1 Å². The minimum Gasteiger partial charge on any atom is -0.507 e. The van der Waals surface area contributed by atoms with Gasteiger partial charge in [0, 0.05) is 12.1 Å². The number of nitrogens with zero attached hydrogens (tertiary/aromatic N) is 2. The third-order valence-electron chi connectivity index (χ3n) is 3.06. The number of nitro groups is 1. The summed E-state index contributed by atoms with van der Waals surface area (Å²) in [5, 5.41) is 20.6. The molecule has 7 nitrogen and oxygen atoms in total. The summed E-state index contributed by atoms with van der Waals surface area (Å²) in [6, 6.07) is 10.3. The van der Waals surface area contributed by atoms with Crippen LogP contribution in [0.3, 0.4) is 0 Å². The number of phenolic OH excluding ortho intramolecular Hbond substituents is 1. The van der Waals surface area contributed by atoms with Crippen molar-refractivity contribution in [3.05, 3.63) is 62.9 Å². The molecular formula is C14H9N3O4. The van der Waals surface area contributed by atoms with Crippen molar-refractivity contribution in [3.63, 3.8) is 0 Å². The smallest absolute Gasteiger partial charge is 0.270 e. The van der Waals surface area contributed by atoms with Gasteiger partial charge < -0.3 is 10.1 Å². The average Bonchev–Trinajstić information content (AvgIpc) is 2.47. The number of H-pyrrole nitrogens is 1. The molecular weight excluding hydrogens is 274 g/mol. The van der Waals surface area contributed by atoms with Gasteiger partial charge in [-0.2, -0.15) is 0 Å². The molecule has 0 bridgehead atoms. The average molecular weight is 283 g/mol. The number of fused-ring (bicyclic) bond motifs is 1. The maximum Gasteiger partial charge on any atom is 0.270 e. The van der Waals surface area contributed by atoms with Crippen LogP contribution in [0.5, 0.6) is 5.75 Å². The highest BCUT2D eigenvalue weighted by Crippen LogP contribution is 2.26. The monoisotopic (exact) mass is 283 g/mol. The van der Waals surface area contributed by atoms with E-state index in [1.807, 2.05) is 0 Å². The van der Waals surface area contributed by atoms with Crippen LogP contribution in [0.4, 0.5) is 5.69 Å². The molecule has 7 heteroatoms. The number of aromatic hydroxyl groups is 1. The molecule has 0 radical (unpaired) electrons. The van der Waals surface area contributed by atoms with Crippen LogP contribution >= 0.6 is 0 Å². The van der Waals surface area contributed by atoms with Crippen LogP contribution in [-0.4, -0.2) is 20.0 Å². The SMILES string of the molecule is O=c1[nH]c(-c2ccccc2O)nc2ccc([N+](=O)[O-])cc12. The van der Waals surface area contributed by atoms with E-state index < -0.39 is 10.5 Å². The van der Waals surface area contributed by atoms with Crippen molar-refractivity contribution in [3.8, 4) is 17.1 Å². The Morgan fingerprint density at radius 2 is 1.95 bits per heavy atom. The first-order valence-electron chi connectivity index (χ1n) is 6.03. The third kappa shape index (κ3) is 2.20. The molecule has 2 aromatic carbocycles. The maximum absolute atomic E-state index is 12.1. The number of non-ortho nitro benzene ring substituents is 1. The molecule has 0 aliphatic carbocycles. The zero-order valence-electron chi connectivity index (χ0n) is 10.6. The fourth-order valence-corrected chi connectivity index (χ4v) is 2.04. The number of rotatable bonds is 2. The molecule has 3 aromatic rings. The highest BCUT2D eigenvalue weighted by Gasteiger charge is 2.12. The van der Waals surface area contributed by atoms with Gasteiger partial charge in [0.2, 0.25) is 0 Å². The fourth-order valence-electron chi connectivity index (χ4n) is 2.04. The zero-order valence-corrected chi connectivity index (χ0v) is 10.6. The second-order valence-electron chi connectivity index (χ2n) is 4.39. The molecule has 21 heavy (non-hydrogen) atoms. The number of hydrogen-bond acceptors (Lipinski definition) is 5. The molecule has 0 amide bonds. The van der Waals surface area contributed by atoms with E-state index in [1.54, 1.807) is 18.2 Å². The summed E-state index contributed by atoms with van der Waals surface area (Å²) in [6.07, 6.45) is 0. The molecule has 104 valence electrons. The molecule has 0 aliphatic heterocycles. The van der Waals surface area contributed by atoms with Crippen molar-refractivity contribution >= 4 is 16.6 Å². The van der Waals surface area contributed by atoms with Crippen LogP contribution in [0.1, 0.15) is 0 Å². The van der Waals surface area contributed by atoms with Gasteiger partial charge in [0.05, 0.1) is 21.4 Å². The van der Waals surface area contributed by atoms with E-state index in [0.29, 0.717) is 11.1 Å². The number of aromatic nitrogens is 2. The van der Waals surface area contributed by atoms with Gasteiger partial charge in [0.25, 0.3) is 11.2 Å². The minimum atomic E-state index is -0.574. The van der Waals surface area contributed by atoms with Crippen molar-refractivity contribution in [1.29, 1.82) is 0 Å².